The second kappa shape index (κ2) is 6.20. The fourth-order valence-electron chi connectivity index (χ4n) is 2.40. The third-order valence-corrected chi connectivity index (χ3v) is 4.34. The van der Waals surface area contributed by atoms with Crippen LogP contribution in [-0.2, 0) is 0 Å². The topological polar surface area (TPSA) is 72.7 Å². The summed E-state index contributed by atoms with van der Waals surface area (Å²) in [6.45, 7) is 4.03. The second-order valence-electron chi connectivity index (χ2n) is 5.53. The third-order valence-electron chi connectivity index (χ3n) is 3.83. The minimum Gasteiger partial charge on any atom is -0.506 e. The molecule has 0 amide bonds. The van der Waals surface area contributed by atoms with Gasteiger partial charge in [-0.2, -0.15) is 5.26 Å². The van der Waals surface area contributed by atoms with Crippen molar-refractivity contribution in [3.8, 4) is 11.8 Å². The molecule has 0 unspecified atom stereocenters. The number of allylic oxidation sites excluding steroid dienone is 1. The Morgan fingerprint density at radius 3 is 2.62 bits per heavy atom. The summed E-state index contributed by atoms with van der Waals surface area (Å²) >= 11 is 11.9. The van der Waals surface area contributed by atoms with E-state index in [1.807, 2.05) is 26.0 Å². The number of H-pyrrole nitrogens is 1. The number of nitrogens with one attached hydrogen (secondary N) is 1. The molecular formula is C18H13Cl2N3O. The normalized spacial score (nSPS) is 11.7. The second-order valence-corrected chi connectivity index (χ2v) is 6.38. The molecule has 0 spiro atoms. The minimum atomic E-state index is -0.128. The Labute approximate surface area is 149 Å². The zero-order chi connectivity index (χ0) is 17.4. The van der Waals surface area contributed by atoms with Crippen molar-refractivity contribution in [3.63, 3.8) is 0 Å². The summed E-state index contributed by atoms with van der Waals surface area (Å²) in [6, 6.07) is 9.03. The van der Waals surface area contributed by atoms with E-state index < -0.39 is 0 Å². The third kappa shape index (κ3) is 2.96. The molecule has 0 saturated heterocycles. The standard InChI is InChI=1S/C18H13Cl2N3O/c1-9-3-15-16(4-10(9)2)23-18(22-15)12(8-21)5-11-6-13(19)7-14(20)17(11)24/h3-7,24H,1-2H3,(H,22,23). The van der Waals surface area contributed by atoms with E-state index in [2.05, 4.69) is 16.0 Å². The number of phenols is 1. The van der Waals surface area contributed by atoms with Crippen molar-refractivity contribution >= 4 is 45.9 Å². The Hall–Kier alpha value is -2.48. The lowest BCUT2D eigenvalue weighted by Crippen LogP contribution is -1.86. The van der Waals surface area contributed by atoms with Crippen molar-refractivity contribution in [1.82, 2.24) is 9.97 Å². The molecule has 0 fully saturated rings. The van der Waals surface area contributed by atoms with Crippen molar-refractivity contribution in [2.45, 2.75) is 13.8 Å². The van der Waals surface area contributed by atoms with Crippen LogP contribution in [0.5, 0.6) is 5.75 Å². The van der Waals surface area contributed by atoms with Crippen molar-refractivity contribution < 1.29 is 5.11 Å². The van der Waals surface area contributed by atoms with Gasteiger partial charge in [0.1, 0.15) is 17.6 Å². The number of imidazole rings is 1. The van der Waals surface area contributed by atoms with Crippen LogP contribution in [0.3, 0.4) is 0 Å². The molecular weight excluding hydrogens is 345 g/mol. The van der Waals surface area contributed by atoms with Crippen LogP contribution in [0, 0.1) is 25.2 Å². The van der Waals surface area contributed by atoms with E-state index in [0.29, 0.717) is 16.4 Å². The predicted octanol–water partition coefficient (Wildman–Crippen LogP) is 5.26. The van der Waals surface area contributed by atoms with E-state index >= 15 is 0 Å². The Balaban J connectivity index is 2.14. The molecule has 0 bridgehead atoms. The average Bonchev–Trinajstić information content (AvgIpc) is 2.92. The molecule has 0 saturated carbocycles. The smallest absolute Gasteiger partial charge is 0.149 e. The maximum Gasteiger partial charge on any atom is 0.149 e. The summed E-state index contributed by atoms with van der Waals surface area (Å²) in [5.74, 6) is 0.296. The number of benzene rings is 2. The van der Waals surface area contributed by atoms with E-state index in [9.17, 15) is 10.4 Å². The number of aromatic amines is 1. The Morgan fingerprint density at radius 1 is 1.21 bits per heavy atom. The van der Waals surface area contributed by atoms with Crippen LogP contribution in [0.25, 0.3) is 22.7 Å². The molecule has 2 aromatic carbocycles. The highest BCUT2D eigenvalue weighted by atomic mass is 35.5. The Kier molecular flexibility index (Phi) is 4.23. The van der Waals surface area contributed by atoms with Gasteiger partial charge in [-0.3, -0.25) is 0 Å². The summed E-state index contributed by atoms with van der Waals surface area (Å²) in [7, 11) is 0. The number of nitriles is 1. The first kappa shape index (κ1) is 16.4. The molecule has 0 radical (unpaired) electrons. The molecule has 24 heavy (non-hydrogen) atoms. The number of nitrogens with zero attached hydrogens (tertiary/aromatic N) is 2. The number of aromatic hydroxyl groups is 1. The van der Waals surface area contributed by atoms with Gasteiger partial charge in [-0.25, -0.2) is 4.98 Å². The molecule has 4 nitrogen and oxygen atoms in total. The van der Waals surface area contributed by atoms with Crippen LogP contribution in [0.4, 0.5) is 0 Å². The van der Waals surface area contributed by atoms with Crippen LogP contribution in [0.1, 0.15) is 22.5 Å². The highest BCUT2D eigenvalue weighted by Crippen LogP contribution is 2.33. The number of fused-ring (bicyclic) bond motifs is 1. The molecule has 6 heteroatoms. The van der Waals surface area contributed by atoms with Crippen molar-refractivity contribution in [2.75, 3.05) is 0 Å². The summed E-state index contributed by atoms with van der Waals surface area (Å²) < 4.78 is 0. The predicted molar refractivity (Wildman–Crippen MR) is 97.2 cm³/mol. The van der Waals surface area contributed by atoms with Gasteiger partial charge in [-0.1, -0.05) is 23.2 Å². The van der Waals surface area contributed by atoms with Gasteiger partial charge >= 0.3 is 0 Å². The molecule has 3 rings (SSSR count). The highest BCUT2D eigenvalue weighted by Gasteiger charge is 2.12. The maximum absolute atomic E-state index is 10.1. The van der Waals surface area contributed by atoms with Gasteiger partial charge < -0.3 is 10.1 Å². The maximum atomic E-state index is 10.1. The summed E-state index contributed by atoms with van der Waals surface area (Å²) in [5.41, 5.74) is 4.53. The lowest BCUT2D eigenvalue weighted by Gasteiger charge is -2.03. The van der Waals surface area contributed by atoms with E-state index in [1.54, 1.807) is 0 Å². The van der Waals surface area contributed by atoms with E-state index in [-0.39, 0.29) is 16.3 Å². The fourth-order valence-corrected chi connectivity index (χ4v) is 2.91. The first-order chi connectivity index (χ1) is 11.4. The van der Waals surface area contributed by atoms with Crippen molar-refractivity contribution in [1.29, 1.82) is 5.26 Å². The summed E-state index contributed by atoms with van der Waals surface area (Å²) in [5, 5.41) is 20.0. The van der Waals surface area contributed by atoms with Gasteiger partial charge in [0.25, 0.3) is 0 Å². The first-order valence-electron chi connectivity index (χ1n) is 7.16. The molecule has 120 valence electrons. The van der Waals surface area contributed by atoms with Gasteiger partial charge in [-0.05, 0) is 55.3 Å². The van der Waals surface area contributed by atoms with Gasteiger partial charge in [0.15, 0.2) is 0 Å². The van der Waals surface area contributed by atoms with Crippen LogP contribution in [0.2, 0.25) is 10.0 Å². The number of hydrogen-bond donors (Lipinski definition) is 2. The molecule has 0 aliphatic carbocycles. The molecule has 0 atom stereocenters. The van der Waals surface area contributed by atoms with Gasteiger partial charge in [0, 0.05) is 10.6 Å². The molecule has 0 aliphatic rings. The SMILES string of the molecule is Cc1cc2nc(C(C#N)=Cc3cc(Cl)cc(Cl)c3O)[nH]c2cc1C. The number of rotatable bonds is 2. The van der Waals surface area contributed by atoms with E-state index in [1.165, 1.54) is 18.2 Å². The largest absolute Gasteiger partial charge is 0.506 e. The Bertz CT molecular complexity index is 990. The molecule has 0 aliphatic heterocycles. The quantitative estimate of drug-likeness (QED) is 0.614. The summed E-state index contributed by atoms with van der Waals surface area (Å²) in [4.78, 5) is 7.60. The lowest BCUT2D eigenvalue weighted by molar-refractivity contribution is 0.474. The zero-order valence-electron chi connectivity index (χ0n) is 13.0. The number of aryl methyl sites for hydroxylation is 2. The number of hydrogen-bond acceptors (Lipinski definition) is 3. The molecule has 1 heterocycles. The first-order valence-corrected chi connectivity index (χ1v) is 7.92. The van der Waals surface area contributed by atoms with Crippen LogP contribution >= 0.6 is 23.2 Å². The minimum absolute atomic E-state index is 0.127. The van der Waals surface area contributed by atoms with Crippen LogP contribution in [-0.4, -0.2) is 15.1 Å². The molecule has 1 aromatic heterocycles. The van der Waals surface area contributed by atoms with Gasteiger partial charge in [-0.15, -0.1) is 0 Å². The monoisotopic (exact) mass is 357 g/mol. The molecule has 3 aromatic rings. The van der Waals surface area contributed by atoms with Gasteiger partial charge in [0.05, 0.1) is 21.6 Å². The Morgan fingerprint density at radius 2 is 1.92 bits per heavy atom. The molecule has 2 N–H and O–H groups in total. The van der Waals surface area contributed by atoms with Crippen molar-refractivity contribution in [3.05, 3.63) is 56.8 Å². The van der Waals surface area contributed by atoms with Crippen LogP contribution in [0.15, 0.2) is 24.3 Å². The van der Waals surface area contributed by atoms with Crippen molar-refractivity contribution in [2.24, 2.45) is 0 Å². The number of phenolic OH excluding ortho intramolecular Hbond substituents is 1. The number of aromatic nitrogens is 2. The summed E-state index contributed by atoms with van der Waals surface area (Å²) in [6.07, 6.45) is 1.50. The van der Waals surface area contributed by atoms with Crippen LogP contribution < -0.4 is 0 Å². The van der Waals surface area contributed by atoms with E-state index in [0.717, 1.165) is 22.2 Å². The fraction of sp³-hybridized carbons (Fsp3) is 0.111. The highest BCUT2D eigenvalue weighted by molar-refractivity contribution is 6.36. The number of halogens is 2. The lowest BCUT2D eigenvalue weighted by atomic mass is 10.1. The average molecular weight is 358 g/mol. The zero-order valence-corrected chi connectivity index (χ0v) is 14.5. The van der Waals surface area contributed by atoms with E-state index in [4.69, 9.17) is 23.2 Å². The van der Waals surface area contributed by atoms with Gasteiger partial charge in [0.2, 0.25) is 0 Å².